The van der Waals surface area contributed by atoms with Gasteiger partial charge >= 0.3 is 6.09 Å². The molecule has 1 N–H and O–H groups in total. The zero-order valence-corrected chi connectivity index (χ0v) is 18.2. The summed E-state index contributed by atoms with van der Waals surface area (Å²) in [6.07, 6.45) is 1.62. The van der Waals surface area contributed by atoms with E-state index in [9.17, 15) is 9.59 Å². The van der Waals surface area contributed by atoms with Crippen LogP contribution in [0.2, 0.25) is 0 Å². The van der Waals surface area contributed by atoms with Crippen molar-refractivity contribution in [2.75, 3.05) is 33.9 Å². The van der Waals surface area contributed by atoms with Crippen LogP contribution in [0.4, 0.5) is 9.18 Å². The van der Waals surface area contributed by atoms with Crippen LogP contribution in [0.3, 0.4) is 0 Å². The Bertz CT molecular complexity index is 1180. The minimum Gasteiger partial charge on any atom is -0.453 e. The molecule has 1 aromatic carbocycles. The molecular formula is C23H25FN4O4. The number of benzene rings is 1. The van der Waals surface area contributed by atoms with Gasteiger partial charge in [0.15, 0.2) is 0 Å². The third-order valence-electron chi connectivity index (χ3n) is 5.59. The summed E-state index contributed by atoms with van der Waals surface area (Å²) in [4.78, 5) is 30.1. The molecule has 1 aliphatic rings. The van der Waals surface area contributed by atoms with Crippen LogP contribution in [0.1, 0.15) is 21.6 Å². The van der Waals surface area contributed by atoms with E-state index in [2.05, 4.69) is 5.32 Å². The van der Waals surface area contributed by atoms with Gasteiger partial charge in [0.25, 0.3) is 5.91 Å². The van der Waals surface area contributed by atoms with E-state index in [4.69, 9.17) is 14.5 Å². The van der Waals surface area contributed by atoms with Gasteiger partial charge in [-0.2, -0.15) is 0 Å². The zero-order chi connectivity index (χ0) is 22.8. The molecule has 9 heteroatoms. The molecule has 1 atom stereocenters. The first-order valence-electron chi connectivity index (χ1n) is 10.4. The predicted octanol–water partition coefficient (Wildman–Crippen LogP) is 2.82. The van der Waals surface area contributed by atoms with Crippen LogP contribution >= 0.6 is 0 Å². The smallest absolute Gasteiger partial charge is 0.409 e. The van der Waals surface area contributed by atoms with Crippen molar-refractivity contribution in [3.63, 3.8) is 0 Å². The number of fused-ring (bicyclic) bond motifs is 1. The summed E-state index contributed by atoms with van der Waals surface area (Å²) < 4.78 is 27.7. The summed E-state index contributed by atoms with van der Waals surface area (Å²) in [6.45, 7) is 3.17. The first kappa shape index (κ1) is 21.8. The zero-order valence-electron chi connectivity index (χ0n) is 18.2. The Balaban J connectivity index is 1.74. The van der Waals surface area contributed by atoms with E-state index < -0.39 is 11.9 Å². The predicted molar refractivity (Wildman–Crippen MR) is 116 cm³/mol. The number of aromatic nitrogens is 2. The molecule has 0 bridgehead atoms. The van der Waals surface area contributed by atoms with Gasteiger partial charge in [-0.1, -0.05) is 0 Å². The number of ether oxygens (including phenoxy) is 2. The number of hydrogen-bond donors (Lipinski definition) is 1. The number of carbonyl (C=O) groups excluding carboxylic acids is 2. The topological polar surface area (TPSA) is 85.2 Å². The first-order valence-corrected chi connectivity index (χ1v) is 10.4. The van der Waals surface area contributed by atoms with Crippen LogP contribution in [0.15, 0.2) is 36.5 Å². The maximum absolute atomic E-state index is 15.1. The van der Waals surface area contributed by atoms with Crippen molar-refractivity contribution in [2.24, 2.45) is 0 Å². The van der Waals surface area contributed by atoms with E-state index in [-0.39, 0.29) is 17.6 Å². The molecule has 32 heavy (non-hydrogen) atoms. The summed E-state index contributed by atoms with van der Waals surface area (Å²) in [5.41, 5.74) is 3.50. The summed E-state index contributed by atoms with van der Waals surface area (Å²) in [5.74, 6) is -0.895. The summed E-state index contributed by atoms with van der Waals surface area (Å²) in [6, 6.07) is 8.23. The maximum atomic E-state index is 15.1. The highest BCUT2D eigenvalue weighted by molar-refractivity contribution is 5.94. The molecule has 2 aromatic heterocycles. The number of amides is 2. The second kappa shape index (κ2) is 8.96. The molecule has 4 rings (SSSR count). The van der Waals surface area contributed by atoms with Gasteiger partial charge in [-0.05, 0) is 42.8 Å². The molecule has 0 aliphatic carbocycles. The van der Waals surface area contributed by atoms with E-state index in [1.54, 1.807) is 17.0 Å². The van der Waals surface area contributed by atoms with Crippen LogP contribution in [-0.4, -0.2) is 66.2 Å². The van der Waals surface area contributed by atoms with Crippen LogP contribution < -0.4 is 5.32 Å². The monoisotopic (exact) mass is 440 g/mol. The standard InChI is InChI=1S/C23H25FN4O4/c1-14-6-7-28-19(12-16-13-27(8-9-32-16)23(30)31-3)21(26-20(28)10-14)17-5-4-15(11-18(17)24)22(29)25-2/h4-7,10-11,16H,8-9,12-13H2,1-3H3,(H,25,29)/t16-/m0/s1. The fraction of sp³-hybridized carbons (Fsp3) is 0.348. The Labute approximate surface area is 184 Å². The van der Waals surface area contributed by atoms with Crippen LogP contribution in [0.25, 0.3) is 16.9 Å². The highest BCUT2D eigenvalue weighted by atomic mass is 19.1. The van der Waals surface area contributed by atoms with Gasteiger partial charge in [0.1, 0.15) is 11.5 Å². The minimum absolute atomic E-state index is 0.235. The number of halogens is 1. The first-order chi connectivity index (χ1) is 15.4. The lowest BCUT2D eigenvalue weighted by molar-refractivity contribution is -0.0241. The number of carbonyl (C=O) groups is 2. The lowest BCUT2D eigenvalue weighted by Crippen LogP contribution is -2.46. The van der Waals surface area contributed by atoms with Gasteiger partial charge in [0.2, 0.25) is 0 Å². The normalized spacial score (nSPS) is 16.2. The second-order valence-electron chi connectivity index (χ2n) is 7.73. The van der Waals surface area contributed by atoms with Crippen LogP contribution in [0, 0.1) is 12.7 Å². The largest absolute Gasteiger partial charge is 0.453 e. The number of nitrogens with one attached hydrogen (secondary N) is 1. The highest BCUT2D eigenvalue weighted by Crippen LogP contribution is 2.30. The highest BCUT2D eigenvalue weighted by Gasteiger charge is 2.28. The van der Waals surface area contributed by atoms with E-state index in [0.717, 1.165) is 11.3 Å². The van der Waals surface area contributed by atoms with Gasteiger partial charge < -0.3 is 24.1 Å². The van der Waals surface area contributed by atoms with Crippen molar-refractivity contribution in [1.82, 2.24) is 19.6 Å². The van der Waals surface area contributed by atoms with Crippen molar-refractivity contribution in [3.8, 4) is 11.3 Å². The maximum Gasteiger partial charge on any atom is 0.409 e. The fourth-order valence-corrected chi connectivity index (χ4v) is 3.95. The van der Waals surface area contributed by atoms with Crippen LogP contribution in [-0.2, 0) is 15.9 Å². The van der Waals surface area contributed by atoms with Gasteiger partial charge in [-0.15, -0.1) is 0 Å². The quantitative estimate of drug-likeness (QED) is 0.674. The SMILES string of the molecule is CNC(=O)c1ccc(-c2nc3cc(C)ccn3c2C[C@H]2CN(C(=O)OC)CCO2)c(F)c1. The van der Waals surface area contributed by atoms with Gasteiger partial charge in [0.05, 0.1) is 37.8 Å². The molecular weight excluding hydrogens is 415 g/mol. The summed E-state index contributed by atoms with van der Waals surface area (Å²) in [7, 11) is 2.85. The van der Waals surface area contributed by atoms with Gasteiger partial charge in [-0.3, -0.25) is 4.79 Å². The molecule has 0 spiro atoms. The molecule has 1 fully saturated rings. The Morgan fingerprint density at radius 3 is 2.84 bits per heavy atom. The Morgan fingerprint density at radius 1 is 1.31 bits per heavy atom. The number of imidazole rings is 1. The third-order valence-corrected chi connectivity index (χ3v) is 5.59. The Kier molecular flexibility index (Phi) is 6.09. The summed E-state index contributed by atoms with van der Waals surface area (Å²) >= 11 is 0. The number of aryl methyl sites for hydroxylation is 1. The average molecular weight is 440 g/mol. The van der Waals surface area contributed by atoms with E-state index >= 15 is 4.39 Å². The number of nitrogens with zero attached hydrogens (tertiary/aromatic N) is 3. The molecule has 2 amide bonds. The second-order valence-corrected chi connectivity index (χ2v) is 7.73. The van der Waals surface area contributed by atoms with Crippen molar-refractivity contribution >= 4 is 17.6 Å². The molecule has 3 heterocycles. The molecule has 0 unspecified atom stereocenters. The number of rotatable bonds is 4. The van der Waals surface area contributed by atoms with E-state index in [1.807, 2.05) is 29.7 Å². The number of morpholine rings is 1. The molecule has 8 nitrogen and oxygen atoms in total. The van der Waals surface area contributed by atoms with E-state index in [1.165, 1.54) is 20.2 Å². The molecule has 1 saturated heterocycles. The van der Waals surface area contributed by atoms with Gasteiger partial charge in [0, 0.05) is 37.3 Å². The lowest BCUT2D eigenvalue weighted by Gasteiger charge is -2.32. The molecule has 3 aromatic rings. The van der Waals surface area contributed by atoms with Crippen molar-refractivity contribution in [2.45, 2.75) is 19.4 Å². The third kappa shape index (κ3) is 4.16. The van der Waals surface area contributed by atoms with Crippen molar-refractivity contribution in [3.05, 3.63) is 59.2 Å². The molecule has 0 radical (unpaired) electrons. The minimum atomic E-state index is -0.534. The Hall–Kier alpha value is -3.46. The van der Waals surface area contributed by atoms with Gasteiger partial charge in [-0.25, -0.2) is 14.2 Å². The molecule has 0 saturated carbocycles. The average Bonchev–Trinajstić information content (AvgIpc) is 3.14. The van der Waals surface area contributed by atoms with Crippen LogP contribution in [0.5, 0.6) is 0 Å². The lowest BCUT2D eigenvalue weighted by atomic mass is 10.0. The van der Waals surface area contributed by atoms with Crippen molar-refractivity contribution < 1.29 is 23.5 Å². The number of hydrogen-bond acceptors (Lipinski definition) is 5. The summed E-state index contributed by atoms with van der Waals surface area (Å²) in [5, 5.41) is 2.49. The number of methoxy groups -OCH3 is 1. The fourth-order valence-electron chi connectivity index (χ4n) is 3.95. The molecule has 1 aliphatic heterocycles. The van der Waals surface area contributed by atoms with Crippen molar-refractivity contribution in [1.29, 1.82) is 0 Å². The molecule has 168 valence electrons. The van der Waals surface area contributed by atoms with E-state index in [0.29, 0.717) is 43.0 Å². The Morgan fingerprint density at radius 2 is 2.12 bits per heavy atom. The number of pyridine rings is 1.